The van der Waals surface area contributed by atoms with Gasteiger partial charge in [-0.3, -0.25) is 14.9 Å². The summed E-state index contributed by atoms with van der Waals surface area (Å²) in [7, 11) is 0. The number of piperidine rings is 1. The van der Waals surface area contributed by atoms with Crippen molar-refractivity contribution < 1.29 is 9.72 Å². The van der Waals surface area contributed by atoms with Gasteiger partial charge in [-0.05, 0) is 31.7 Å². The molecule has 0 saturated carbocycles. The standard InChI is InChI=1S/C15H21N3O3/c1-12-13(6-5-7-14(12)18(20)21)10-16-11-15(19)17-8-3-2-4-9-17/h5-7,16H,2-4,8-11H2,1H3. The SMILES string of the molecule is Cc1c(CNCC(=O)N2CCCCC2)cccc1[N+](=O)[O-]. The maximum absolute atomic E-state index is 12.0. The van der Waals surface area contributed by atoms with E-state index in [-0.39, 0.29) is 23.1 Å². The minimum absolute atomic E-state index is 0.109. The average Bonchev–Trinajstić information content (AvgIpc) is 2.49. The highest BCUT2D eigenvalue weighted by molar-refractivity contribution is 5.78. The van der Waals surface area contributed by atoms with E-state index in [9.17, 15) is 14.9 Å². The molecule has 1 aromatic rings. The molecule has 1 fully saturated rings. The van der Waals surface area contributed by atoms with Crippen LogP contribution in [0.15, 0.2) is 18.2 Å². The van der Waals surface area contributed by atoms with Crippen LogP contribution in [0.2, 0.25) is 0 Å². The zero-order chi connectivity index (χ0) is 15.2. The van der Waals surface area contributed by atoms with E-state index in [0.29, 0.717) is 12.1 Å². The second-order valence-corrected chi connectivity index (χ2v) is 5.36. The molecular weight excluding hydrogens is 270 g/mol. The lowest BCUT2D eigenvalue weighted by Gasteiger charge is -2.26. The van der Waals surface area contributed by atoms with Gasteiger partial charge in [-0.25, -0.2) is 0 Å². The fourth-order valence-corrected chi connectivity index (χ4v) is 2.62. The topological polar surface area (TPSA) is 75.5 Å². The zero-order valence-corrected chi connectivity index (χ0v) is 12.3. The fraction of sp³-hybridized carbons (Fsp3) is 0.533. The van der Waals surface area contributed by atoms with Gasteiger partial charge in [-0.2, -0.15) is 0 Å². The summed E-state index contributed by atoms with van der Waals surface area (Å²) in [5.74, 6) is 0.109. The van der Waals surface area contributed by atoms with E-state index < -0.39 is 0 Å². The largest absolute Gasteiger partial charge is 0.342 e. The Morgan fingerprint density at radius 2 is 2.05 bits per heavy atom. The molecule has 6 nitrogen and oxygen atoms in total. The molecule has 1 saturated heterocycles. The minimum atomic E-state index is -0.377. The molecule has 114 valence electrons. The molecular formula is C15H21N3O3. The lowest BCUT2D eigenvalue weighted by atomic mass is 10.1. The van der Waals surface area contributed by atoms with Crippen LogP contribution in [0.3, 0.4) is 0 Å². The van der Waals surface area contributed by atoms with Gasteiger partial charge in [-0.15, -0.1) is 0 Å². The number of hydrogen-bond acceptors (Lipinski definition) is 4. The van der Waals surface area contributed by atoms with Gasteiger partial charge in [0.25, 0.3) is 5.69 Å². The first-order valence-electron chi connectivity index (χ1n) is 7.31. The normalized spacial score (nSPS) is 15.0. The Balaban J connectivity index is 1.87. The lowest BCUT2D eigenvalue weighted by Crippen LogP contribution is -2.41. The van der Waals surface area contributed by atoms with Crippen LogP contribution in [0.1, 0.15) is 30.4 Å². The minimum Gasteiger partial charge on any atom is -0.342 e. The number of likely N-dealkylation sites (tertiary alicyclic amines) is 1. The third-order valence-corrected chi connectivity index (χ3v) is 3.91. The fourth-order valence-electron chi connectivity index (χ4n) is 2.62. The monoisotopic (exact) mass is 291 g/mol. The Morgan fingerprint density at radius 1 is 1.33 bits per heavy atom. The molecule has 1 N–H and O–H groups in total. The van der Waals surface area contributed by atoms with Crippen molar-refractivity contribution in [3.8, 4) is 0 Å². The van der Waals surface area contributed by atoms with E-state index in [1.165, 1.54) is 12.5 Å². The number of rotatable bonds is 5. The molecule has 1 amide bonds. The molecule has 0 bridgehead atoms. The second-order valence-electron chi connectivity index (χ2n) is 5.36. The van der Waals surface area contributed by atoms with Gasteiger partial charge in [0.1, 0.15) is 0 Å². The number of nitrogens with one attached hydrogen (secondary N) is 1. The summed E-state index contributed by atoms with van der Waals surface area (Å²) in [6, 6.07) is 5.02. The van der Waals surface area contributed by atoms with E-state index in [2.05, 4.69) is 5.32 Å². The highest BCUT2D eigenvalue weighted by Crippen LogP contribution is 2.20. The molecule has 0 radical (unpaired) electrons. The van der Waals surface area contributed by atoms with Gasteiger partial charge in [0.2, 0.25) is 5.91 Å². The van der Waals surface area contributed by atoms with Crippen LogP contribution < -0.4 is 5.32 Å². The van der Waals surface area contributed by atoms with Crippen molar-refractivity contribution >= 4 is 11.6 Å². The number of hydrogen-bond donors (Lipinski definition) is 1. The highest BCUT2D eigenvalue weighted by atomic mass is 16.6. The summed E-state index contributed by atoms with van der Waals surface area (Å²) < 4.78 is 0. The lowest BCUT2D eigenvalue weighted by molar-refractivity contribution is -0.385. The maximum Gasteiger partial charge on any atom is 0.272 e. The number of nitro benzene ring substituents is 1. The summed E-state index contributed by atoms with van der Waals surface area (Å²) in [5, 5.41) is 14.0. The Morgan fingerprint density at radius 3 is 2.71 bits per heavy atom. The summed E-state index contributed by atoms with van der Waals surface area (Å²) in [4.78, 5) is 24.4. The van der Waals surface area contributed by atoms with Crippen molar-refractivity contribution in [2.24, 2.45) is 0 Å². The van der Waals surface area contributed by atoms with E-state index >= 15 is 0 Å². The van der Waals surface area contributed by atoms with Crippen LogP contribution in [-0.2, 0) is 11.3 Å². The van der Waals surface area contributed by atoms with Crippen LogP contribution in [0.5, 0.6) is 0 Å². The van der Waals surface area contributed by atoms with Crippen molar-refractivity contribution in [3.05, 3.63) is 39.4 Å². The predicted octanol–water partition coefficient (Wildman–Crippen LogP) is 2.01. The second kappa shape index (κ2) is 7.17. The van der Waals surface area contributed by atoms with Gasteiger partial charge in [0.15, 0.2) is 0 Å². The van der Waals surface area contributed by atoms with E-state index in [4.69, 9.17) is 0 Å². The van der Waals surface area contributed by atoms with Gasteiger partial charge in [0.05, 0.1) is 11.5 Å². The van der Waals surface area contributed by atoms with Gasteiger partial charge in [0, 0.05) is 31.3 Å². The van der Waals surface area contributed by atoms with Crippen LogP contribution in [0, 0.1) is 17.0 Å². The molecule has 1 aliphatic rings. The Bertz CT molecular complexity index is 525. The predicted molar refractivity (Wildman–Crippen MR) is 80.0 cm³/mol. The van der Waals surface area contributed by atoms with Crippen LogP contribution in [-0.4, -0.2) is 35.4 Å². The number of nitrogens with zero attached hydrogens (tertiary/aromatic N) is 2. The number of benzene rings is 1. The third-order valence-electron chi connectivity index (χ3n) is 3.91. The first kappa shape index (κ1) is 15.4. The molecule has 2 rings (SSSR count). The van der Waals surface area contributed by atoms with Gasteiger partial charge < -0.3 is 10.2 Å². The van der Waals surface area contributed by atoms with E-state index in [1.54, 1.807) is 13.0 Å². The molecule has 1 aromatic carbocycles. The summed E-state index contributed by atoms with van der Waals surface area (Å²) in [6.45, 7) is 4.17. The summed E-state index contributed by atoms with van der Waals surface area (Å²) >= 11 is 0. The molecule has 1 aliphatic heterocycles. The molecule has 0 unspecified atom stereocenters. The Labute approximate surface area is 124 Å². The van der Waals surface area contributed by atoms with Crippen molar-refractivity contribution in [3.63, 3.8) is 0 Å². The van der Waals surface area contributed by atoms with E-state index in [0.717, 1.165) is 31.5 Å². The highest BCUT2D eigenvalue weighted by Gasteiger charge is 2.16. The molecule has 0 aliphatic carbocycles. The first-order valence-corrected chi connectivity index (χ1v) is 7.31. The molecule has 0 atom stereocenters. The Kier molecular flexibility index (Phi) is 5.27. The average molecular weight is 291 g/mol. The Hall–Kier alpha value is -1.95. The maximum atomic E-state index is 12.0. The smallest absolute Gasteiger partial charge is 0.272 e. The number of amides is 1. The number of nitro groups is 1. The van der Waals surface area contributed by atoms with Crippen LogP contribution >= 0.6 is 0 Å². The molecule has 21 heavy (non-hydrogen) atoms. The number of carbonyl (C=O) groups excluding carboxylic acids is 1. The number of carbonyl (C=O) groups is 1. The van der Waals surface area contributed by atoms with Crippen LogP contribution in [0.25, 0.3) is 0 Å². The van der Waals surface area contributed by atoms with Crippen molar-refractivity contribution in [2.75, 3.05) is 19.6 Å². The summed E-state index contributed by atoms with van der Waals surface area (Å²) in [6.07, 6.45) is 3.36. The molecule has 0 aromatic heterocycles. The quantitative estimate of drug-likeness (QED) is 0.665. The molecule has 0 spiro atoms. The molecule has 1 heterocycles. The zero-order valence-electron chi connectivity index (χ0n) is 12.3. The van der Waals surface area contributed by atoms with Crippen molar-refractivity contribution in [1.29, 1.82) is 0 Å². The molecule has 6 heteroatoms. The van der Waals surface area contributed by atoms with E-state index in [1.807, 2.05) is 11.0 Å². The summed E-state index contributed by atoms with van der Waals surface area (Å²) in [5.41, 5.74) is 1.63. The van der Waals surface area contributed by atoms with Crippen LogP contribution in [0.4, 0.5) is 5.69 Å². The van der Waals surface area contributed by atoms with Gasteiger partial charge >= 0.3 is 0 Å². The first-order chi connectivity index (χ1) is 10.1. The van der Waals surface area contributed by atoms with Gasteiger partial charge in [-0.1, -0.05) is 12.1 Å². The van der Waals surface area contributed by atoms with Crippen molar-refractivity contribution in [2.45, 2.75) is 32.7 Å². The third kappa shape index (κ3) is 4.01. The van der Waals surface area contributed by atoms with Crippen molar-refractivity contribution in [1.82, 2.24) is 10.2 Å².